The highest BCUT2D eigenvalue weighted by Gasteiger charge is 2.29. The molecule has 1 rings (SSSR count). The Labute approximate surface area is 84.8 Å². The van der Waals surface area contributed by atoms with Crippen LogP contribution in [0.5, 0.6) is 0 Å². The SMILES string of the molecule is CCC(O)CN1CCC(C(=O)OC)C1. The number of carbonyl (C=O) groups is 1. The molecule has 14 heavy (non-hydrogen) atoms. The lowest BCUT2D eigenvalue weighted by Crippen LogP contribution is -2.31. The summed E-state index contributed by atoms with van der Waals surface area (Å²) in [7, 11) is 1.42. The fourth-order valence-electron chi connectivity index (χ4n) is 1.78. The van der Waals surface area contributed by atoms with Crippen molar-refractivity contribution in [3.05, 3.63) is 0 Å². The third-order valence-corrected chi connectivity index (χ3v) is 2.75. The standard InChI is InChI=1S/C10H19NO3/c1-3-9(12)7-11-5-4-8(6-11)10(13)14-2/h8-9,12H,3-7H2,1-2H3. The molecule has 0 radical (unpaired) electrons. The number of likely N-dealkylation sites (tertiary alicyclic amines) is 1. The maximum atomic E-state index is 11.2. The fourth-order valence-corrected chi connectivity index (χ4v) is 1.78. The molecule has 1 heterocycles. The number of carbonyl (C=O) groups excluding carboxylic acids is 1. The number of nitrogens with zero attached hydrogens (tertiary/aromatic N) is 1. The molecule has 4 heteroatoms. The van der Waals surface area contributed by atoms with Crippen molar-refractivity contribution in [3.8, 4) is 0 Å². The minimum atomic E-state index is -0.272. The lowest BCUT2D eigenvalue weighted by Gasteiger charge is -2.18. The second-order valence-electron chi connectivity index (χ2n) is 3.83. The highest BCUT2D eigenvalue weighted by atomic mass is 16.5. The van der Waals surface area contributed by atoms with Crippen molar-refractivity contribution in [2.45, 2.75) is 25.9 Å². The molecule has 0 aromatic rings. The van der Waals surface area contributed by atoms with Gasteiger partial charge in [0.15, 0.2) is 0 Å². The van der Waals surface area contributed by atoms with Crippen molar-refractivity contribution < 1.29 is 14.6 Å². The number of aliphatic hydroxyl groups is 1. The van der Waals surface area contributed by atoms with Gasteiger partial charge in [0.25, 0.3) is 0 Å². The van der Waals surface area contributed by atoms with Crippen LogP contribution in [-0.4, -0.2) is 48.8 Å². The minimum Gasteiger partial charge on any atom is -0.469 e. The van der Waals surface area contributed by atoms with Crippen molar-refractivity contribution in [2.75, 3.05) is 26.7 Å². The summed E-state index contributed by atoms with van der Waals surface area (Å²) < 4.78 is 4.69. The zero-order chi connectivity index (χ0) is 10.6. The van der Waals surface area contributed by atoms with Crippen LogP contribution in [0.3, 0.4) is 0 Å². The molecule has 4 nitrogen and oxygen atoms in total. The van der Waals surface area contributed by atoms with Crippen LogP contribution in [0.1, 0.15) is 19.8 Å². The molecule has 2 atom stereocenters. The van der Waals surface area contributed by atoms with Gasteiger partial charge in [-0.3, -0.25) is 9.69 Å². The first-order chi connectivity index (χ1) is 6.67. The van der Waals surface area contributed by atoms with Crippen molar-refractivity contribution in [1.29, 1.82) is 0 Å². The van der Waals surface area contributed by atoms with Gasteiger partial charge in [-0.15, -0.1) is 0 Å². The lowest BCUT2D eigenvalue weighted by atomic mass is 10.1. The van der Waals surface area contributed by atoms with Gasteiger partial charge in [-0.1, -0.05) is 6.92 Å². The third-order valence-electron chi connectivity index (χ3n) is 2.75. The van der Waals surface area contributed by atoms with E-state index in [-0.39, 0.29) is 18.0 Å². The number of rotatable bonds is 4. The molecule has 1 aliphatic rings. The highest BCUT2D eigenvalue weighted by molar-refractivity contribution is 5.72. The Hall–Kier alpha value is -0.610. The Balaban J connectivity index is 2.30. The molecular formula is C10H19NO3. The van der Waals surface area contributed by atoms with Crippen molar-refractivity contribution in [1.82, 2.24) is 4.90 Å². The summed E-state index contributed by atoms with van der Waals surface area (Å²) in [5.41, 5.74) is 0. The van der Waals surface area contributed by atoms with Crippen LogP contribution in [0.2, 0.25) is 0 Å². The van der Waals surface area contributed by atoms with Gasteiger partial charge in [-0.25, -0.2) is 0 Å². The zero-order valence-corrected chi connectivity index (χ0v) is 8.90. The molecular weight excluding hydrogens is 182 g/mol. The molecule has 0 aromatic heterocycles. The Morgan fingerprint density at radius 2 is 2.43 bits per heavy atom. The summed E-state index contributed by atoms with van der Waals surface area (Å²) in [4.78, 5) is 13.3. The van der Waals surface area contributed by atoms with Crippen LogP contribution in [-0.2, 0) is 9.53 Å². The average molecular weight is 201 g/mol. The summed E-state index contributed by atoms with van der Waals surface area (Å²) in [6, 6.07) is 0. The van der Waals surface area contributed by atoms with Gasteiger partial charge >= 0.3 is 5.97 Å². The normalized spacial score (nSPS) is 24.9. The van der Waals surface area contributed by atoms with Crippen LogP contribution in [0, 0.1) is 5.92 Å². The monoisotopic (exact) mass is 201 g/mol. The van der Waals surface area contributed by atoms with Gasteiger partial charge < -0.3 is 9.84 Å². The Kier molecular flexibility index (Phi) is 4.35. The van der Waals surface area contributed by atoms with E-state index in [9.17, 15) is 9.90 Å². The molecule has 0 bridgehead atoms. The smallest absolute Gasteiger partial charge is 0.310 e. The minimum absolute atomic E-state index is 0.00376. The maximum Gasteiger partial charge on any atom is 0.310 e. The second-order valence-corrected chi connectivity index (χ2v) is 3.83. The predicted molar refractivity (Wildman–Crippen MR) is 52.9 cm³/mol. The van der Waals surface area contributed by atoms with Gasteiger partial charge in [0, 0.05) is 13.1 Å². The summed E-state index contributed by atoms with van der Waals surface area (Å²) in [5, 5.41) is 9.44. The van der Waals surface area contributed by atoms with Gasteiger partial charge in [0.1, 0.15) is 0 Å². The number of hydrogen-bond donors (Lipinski definition) is 1. The largest absolute Gasteiger partial charge is 0.469 e. The fraction of sp³-hybridized carbons (Fsp3) is 0.900. The van der Waals surface area contributed by atoms with E-state index in [1.54, 1.807) is 0 Å². The van der Waals surface area contributed by atoms with E-state index in [0.29, 0.717) is 6.54 Å². The number of hydrogen-bond acceptors (Lipinski definition) is 4. The molecule has 82 valence electrons. The molecule has 0 aromatic carbocycles. The molecule has 2 unspecified atom stereocenters. The Bertz CT molecular complexity index is 196. The van der Waals surface area contributed by atoms with Crippen LogP contribution in [0.4, 0.5) is 0 Å². The van der Waals surface area contributed by atoms with Crippen LogP contribution in [0.25, 0.3) is 0 Å². The molecule has 0 saturated carbocycles. The van der Waals surface area contributed by atoms with Crippen molar-refractivity contribution in [2.24, 2.45) is 5.92 Å². The number of ether oxygens (including phenoxy) is 1. The number of β-amino-alcohol motifs (C(OH)–C–C–N with tert-alkyl or cyclic N) is 1. The van der Waals surface area contributed by atoms with E-state index in [1.807, 2.05) is 6.92 Å². The molecule has 1 fully saturated rings. The molecule has 1 saturated heterocycles. The number of aliphatic hydroxyl groups excluding tert-OH is 1. The first-order valence-corrected chi connectivity index (χ1v) is 5.15. The second kappa shape index (κ2) is 5.32. The zero-order valence-electron chi connectivity index (χ0n) is 8.90. The summed E-state index contributed by atoms with van der Waals surface area (Å²) >= 11 is 0. The van der Waals surface area contributed by atoms with Crippen LogP contribution >= 0.6 is 0 Å². The van der Waals surface area contributed by atoms with Crippen molar-refractivity contribution >= 4 is 5.97 Å². The third kappa shape index (κ3) is 2.96. The van der Waals surface area contributed by atoms with E-state index < -0.39 is 0 Å². The van der Waals surface area contributed by atoms with E-state index >= 15 is 0 Å². The Morgan fingerprint density at radius 3 is 3.00 bits per heavy atom. The van der Waals surface area contributed by atoms with Crippen molar-refractivity contribution in [3.63, 3.8) is 0 Å². The number of esters is 1. The average Bonchev–Trinajstić information content (AvgIpc) is 2.65. The van der Waals surface area contributed by atoms with Gasteiger partial charge in [0.2, 0.25) is 0 Å². The van der Waals surface area contributed by atoms with E-state index in [4.69, 9.17) is 0 Å². The Morgan fingerprint density at radius 1 is 1.71 bits per heavy atom. The number of methoxy groups -OCH3 is 1. The first kappa shape index (κ1) is 11.5. The summed E-state index contributed by atoms with van der Waals surface area (Å²) in [6.45, 7) is 4.24. The van der Waals surface area contributed by atoms with Crippen LogP contribution < -0.4 is 0 Å². The lowest BCUT2D eigenvalue weighted by molar-refractivity contribution is -0.145. The molecule has 0 amide bonds. The van der Waals surface area contributed by atoms with Gasteiger partial charge in [-0.05, 0) is 19.4 Å². The summed E-state index contributed by atoms with van der Waals surface area (Å²) in [5.74, 6) is -0.123. The predicted octanol–water partition coefficient (Wildman–Crippen LogP) is 0.252. The topological polar surface area (TPSA) is 49.8 Å². The summed E-state index contributed by atoms with van der Waals surface area (Å²) in [6.07, 6.45) is 1.34. The molecule has 1 N–H and O–H groups in total. The van der Waals surface area contributed by atoms with E-state index in [0.717, 1.165) is 25.9 Å². The molecule has 0 aliphatic carbocycles. The maximum absolute atomic E-state index is 11.2. The van der Waals surface area contributed by atoms with E-state index in [1.165, 1.54) is 7.11 Å². The van der Waals surface area contributed by atoms with E-state index in [2.05, 4.69) is 9.64 Å². The van der Waals surface area contributed by atoms with Gasteiger partial charge in [0.05, 0.1) is 19.1 Å². The first-order valence-electron chi connectivity index (χ1n) is 5.15. The van der Waals surface area contributed by atoms with Crippen LogP contribution in [0.15, 0.2) is 0 Å². The molecule has 1 aliphatic heterocycles. The highest BCUT2D eigenvalue weighted by Crippen LogP contribution is 2.17. The molecule has 0 spiro atoms. The quantitative estimate of drug-likeness (QED) is 0.662. The van der Waals surface area contributed by atoms with Gasteiger partial charge in [-0.2, -0.15) is 0 Å².